The summed E-state index contributed by atoms with van der Waals surface area (Å²) in [4.78, 5) is 12.3. The first-order valence-corrected chi connectivity index (χ1v) is 8.74. The largest absolute Gasteiger partial charge is 0.489 e. The van der Waals surface area contributed by atoms with Crippen LogP contribution in [0, 0.1) is 11.7 Å². The van der Waals surface area contributed by atoms with E-state index in [1.165, 1.54) is 6.07 Å². The third-order valence-corrected chi connectivity index (χ3v) is 4.55. The van der Waals surface area contributed by atoms with E-state index in [0.717, 1.165) is 12.8 Å². The van der Waals surface area contributed by atoms with Crippen molar-refractivity contribution in [2.45, 2.75) is 25.5 Å². The van der Waals surface area contributed by atoms with E-state index in [4.69, 9.17) is 15.2 Å². The van der Waals surface area contributed by atoms with Crippen LogP contribution in [0.25, 0.3) is 0 Å². The lowest BCUT2D eigenvalue weighted by Gasteiger charge is -2.26. The molecular formula is C20H24ClFN2O3. The molecule has 5 nitrogen and oxygen atoms in total. The fraction of sp³-hybridized carbons (Fsp3) is 0.350. The molecule has 1 fully saturated rings. The summed E-state index contributed by atoms with van der Waals surface area (Å²) >= 11 is 0. The molecule has 1 atom stereocenters. The van der Waals surface area contributed by atoms with Crippen LogP contribution in [0.3, 0.4) is 0 Å². The highest BCUT2D eigenvalue weighted by atomic mass is 35.5. The second-order valence-corrected chi connectivity index (χ2v) is 6.37. The summed E-state index contributed by atoms with van der Waals surface area (Å²) in [7, 11) is 0. The predicted molar refractivity (Wildman–Crippen MR) is 105 cm³/mol. The minimum absolute atomic E-state index is 0. The standard InChI is InChI=1S/C20H23FN2O3.ClH/c21-18-4-2-1-3-15(18)13-26-17-7-5-16(6-8-17)23-20(24)19(22)14-9-11-25-12-10-14;/h1-8,14,19H,9-13,22H2,(H,23,24);1H. The van der Waals surface area contributed by atoms with Crippen molar-refractivity contribution in [2.24, 2.45) is 11.7 Å². The number of carbonyl (C=O) groups is 1. The van der Waals surface area contributed by atoms with Gasteiger partial charge in [-0.25, -0.2) is 4.39 Å². The lowest BCUT2D eigenvalue weighted by atomic mass is 9.92. The highest BCUT2D eigenvalue weighted by molar-refractivity contribution is 5.94. The van der Waals surface area contributed by atoms with Crippen molar-refractivity contribution in [3.05, 3.63) is 59.9 Å². The quantitative estimate of drug-likeness (QED) is 0.786. The van der Waals surface area contributed by atoms with Crippen molar-refractivity contribution in [3.8, 4) is 5.75 Å². The average Bonchev–Trinajstić information content (AvgIpc) is 2.68. The predicted octanol–water partition coefficient (Wildman–Crippen LogP) is 3.52. The van der Waals surface area contributed by atoms with Gasteiger partial charge in [-0.1, -0.05) is 18.2 Å². The Balaban J connectivity index is 0.00000261. The van der Waals surface area contributed by atoms with Crippen molar-refractivity contribution in [1.82, 2.24) is 0 Å². The molecule has 0 aliphatic carbocycles. The molecule has 0 bridgehead atoms. The SMILES string of the molecule is Cl.NC(C(=O)Nc1ccc(OCc2ccccc2F)cc1)C1CCOCC1. The molecule has 1 aliphatic heterocycles. The van der Waals surface area contributed by atoms with E-state index < -0.39 is 6.04 Å². The van der Waals surface area contributed by atoms with E-state index in [1.54, 1.807) is 42.5 Å². The zero-order chi connectivity index (χ0) is 18.4. The highest BCUT2D eigenvalue weighted by Crippen LogP contribution is 2.21. The van der Waals surface area contributed by atoms with Crippen LogP contribution in [0.4, 0.5) is 10.1 Å². The molecule has 0 spiro atoms. The number of hydrogen-bond donors (Lipinski definition) is 2. The summed E-state index contributed by atoms with van der Waals surface area (Å²) in [5.41, 5.74) is 7.21. The summed E-state index contributed by atoms with van der Waals surface area (Å²) < 4.78 is 24.5. The van der Waals surface area contributed by atoms with Gasteiger partial charge in [0, 0.05) is 24.5 Å². The molecule has 1 aliphatic rings. The van der Waals surface area contributed by atoms with Gasteiger partial charge >= 0.3 is 0 Å². The molecule has 1 heterocycles. The highest BCUT2D eigenvalue weighted by Gasteiger charge is 2.26. The number of hydrogen-bond acceptors (Lipinski definition) is 4. The minimum atomic E-state index is -0.545. The van der Waals surface area contributed by atoms with E-state index in [9.17, 15) is 9.18 Å². The average molecular weight is 395 g/mol. The lowest BCUT2D eigenvalue weighted by molar-refractivity contribution is -0.119. The van der Waals surface area contributed by atoms with Gasteiger partial charge in [0.25, 0.3) is 0 Å². The number of nitrogens with two attached hydrogens (primary N) is 1. The monoisotopic (exact) mass is 394 g/mol. The Kier molecular flexibility index (Phi) is 8.03. The fourth-order valence-electron chi connectivity index (χ4n) is 2.93. The van der Waals surface area contributed by atoms with Gasteiger partial charge in [-0.2, -0.15) is 0 Å². The van der Waals surface area contributed by atoms with Crippen molar-refractivity contribution >= 4 is 24.0 Å². The number of rotatable bonds is 6. The summed E-state index contributed by atoms with van der Waals surface area (Å²) in [5, 5.41) is 2.83. The topological polar surface area (TPSA) is 73.6 Å². The number of anilines is 1. The van der Waals surface area contributed by atoms with Crippen LogP contribution < -0.4 is 15.8 Å². The van der Waals surface area contributed by atoms with Crippen molar-refractivity contribution in [2.75, 3.05) is 18.5 Å². The summed E-state index contributed by atoms with van der Waals surface area (Å²) in [6, 6.07) is 12.9. The summed E-state index contributed by atoms with van der Waals surface area (Å²) in [6.45, 7) is 1.45. The maximum atomic E-state index is 13.6. The first-order valence-electron chi connectivity index (χ1n) is 8.74. The van der Waals surface area contributed by atoms with Gasteiger partial charge < -0.3 is 20.5 Å². The molecule has 0 saturated carbocycles. The third kappa shape index (κ3) is 5.92. The van der Waals surface area contributed by atoms with Crippen LogP contribution in [0.1, 0.15) is 18.4 Å². The van der Waals surface area contributed by atoms with Crippen LogP contribution in [0.15, 0.2) is 48.5 Å². The Bertz CT molecular complexity index is 736. The summed E-state index contributed by atoms with van der Waals surface area (Å²) in [5.74, 6) is 0.252. The number of benzene rings is 2. The maximum Gasteiger partial charge on any atom is 0.241 e. The van der Waals surface area contributed by atoms with Gasteiger partial charge in [0.1, 0.15) is 18.2 Å². The van der Waals surface area contributed by atoms with Gasteiger partial charge in [0.05, 0.1) is 6.04 Å². The van der Waals surface area contributed by atoms with Crippen LogP contribution in [-0.4, -0.2) is 25.2 Å². The Morgan fingerprint density at radius 3 is 2.52 bits per heavy atom. The molecule has 0 radical (unpaired) electrons. The normalized spacial score (nSPS) is 15.5. The summed E-state index contributed by atoms with van der Waals surface area (Å²) in [6.07, 6.45) is 1.61. The Morgan fingerprint density at radius 1 is 1.19 bits per heavy atom. The van der Waals surface area contributed by atoms with Crippen LogP contribution in [0.5, 0.6) is 5.75 Å². The van der Waals surface area contributed by atoms with E-state index in [2.05, 4.69) is 5.32 Å². The van der Waals surface area contributed by atoms with Crippen molar-refractivity contribution in [3.63, 3.8) is 0 Å². The Hall–Kier alpha value is -2.15. The lowest BCUT2D eigenvalue weighted by Crippen LogP contribution is -2.43. The van der Waals surface area contributed by atoms with Gasteiger partial charge in [-0.15, -0.1) is 12.4 Å². The molecule has 3 rings (SSSR count). The van der Waals surface area contributed by atoms with Crippen LogP contribution >= 0.6 is 12.4 Å². The Labute approximate surface area is 164 Å². The molecule has 1 saturated heterocycles. The maximum absolute atomic E-state index is 13.6. The van der Waals surface area contributed by atoms with Crippen LogP contribution in [0.2, 0.25) is 0 Å². The van der Waals surface area contributed by atoms with E-state index in [1.807, 2.05) is 0 Å². The molecule has 2 aromatic carbocycles. The molecule has 1 amide bonds. The van der Waals surface area contributed by atoms with Crippen molar-refractivity contribution < 1.29 is 18.7 Å². The molecule has 1 unspecified atom stereocenters. The smallest absolute Gasteiger partial charge is 0.241 e. The molecular weight excluding hydrogens is 371 g/mol. The second kappa shape index (κ2) is 10.3. The van der Waals surface area contributed by atoms with Gasteiger partial charge in [-0.3, -0.25) is 4.79 Å². The molecule has 0 aromatic heterocycles. The zero-order valence-corrected chi connectivity index (χ0v) is 15.7. The van der Waals surface area contributed by atoms with E-state index in [0.29, 0.717) is 30.2 Å². The molecule has 3 N–H and O–H groups in total. The Morgan fingerprint density at radius 2 is 1.85 bits per heavy atom. The number of halogens is 2. The zero-order valence-electron chi connectivity index (χ0n) is 14.9. The van der Waals surface area contributed by atoms with E-state index in [-0.39, 0.29) is 36.7 Å². The molecule has 2 aromatic rings. The van der Waals surface area contributed by atoms with Crippen LogP contribution in [-0.2, 0) is 16.1 Å². The first kappa shape index (κ1) is 21.2. The number of ether oxygens (including phenoxy) is 2. The minimum Gasteiger partial charge on any atom is -0.489 e. The molecule has 146 valence electrons. The fourth-order valence-corrected chi connectivity index (χ4v) is 2.93. The number of nitrogens with one attached hydrogen (secondary N) is 1. The molecule has 27 heavy (non-hydrogen) atoms. The molecule has 7 heteroatoms. The van der Waals surface area contributed by atoms with E-state index >= 15 is 0 Å². The number of carbonyl (C=O) groups excluding carboxylic acids is 1. The van der Waals surface area contributed by atoms with Gasteiger partial charge in [0.15, 0.2) is 0 Å². The van der Waals surface area contributed by atoms with Crippen molar-refractivity contribution in [1.29, 1.82) is 0 Å². The number of amides is 1. The van der Waals surface area contributed by atoms with Gasteiger partial charge in [-0.05, 0) is 49.1 Å². The van der Waals surface area contributed by atoms with Gasteiger partial charge in [0.2, 0.25) is 5.91 Å². The first-order chi connectivity index (χ1) is 12.6. The second-order valence-electron chi connectivity index (χ2n) is 6.37. The third-order valence-electron chi connectivity index (χ3n) is 4.55.